The van der Waals surface area contributed by atoms with E-state index in [9.17, 15) is 14.4 Å². The highest BCUT2D eigenvalue weighted by atomic mass is 16.6. The monoisotopic (exact) mass is 412 g/mol. The van der Waals surface area contributed by atoms with Crippen LogP contribution in [0.2, 0.25) is 0 Å². The van der Waals surface area contributed by atoms with Gasteiger partial charge in [-0.3, -0.25) is 4.79 Å². The second kappa shape index (κ2) is 12.3. The van der Waals surface area contributed by atoms with Crippen LogP contribution in [0.25, 0.3) is 0 Å². The third-order valence-electron chi connectivity index (χ3n) is 3.48. The first-order chi connectivity index (χ1) is 13.3. The van der Waals surface area contributed by atoms with Crippen LogP contribution in [0.5, 0.6) is 0 Å². The molecule has 0 aromatic rings. The second-order valence-corrected chi connectivity index (χ2v) is 8.65. The van der Waals surface area contributed by atoms with Gasteiger partial charge in [0.2, 0.25) is 5.91 Å². The van der Waals surface area contributed by atoms with Crippen molar-refractivity contribution in [3.05, 3.63) is 0 Å². The topological polar surface area (TPSA) is 103 Å². The summed E-state index contributed by atoms with van der Waals surface area (Å²) in [6, 6.07) is -0.840. The molecule has 0 saturated carbocycles. The highest BCUT2D eigenvalue weighted by molar-refractivity contribution is 5.82. The normalized spacial score (nSPS) is 13.6. The lowest BCUT2D eigenvalue weighted by atomic mass is 10.1. The Labute approximate surface area is 174 Å². The molecule has 0 spiro atoms. The van der Waals surface area contributed by atoms with Gasteiger partial charge in [0.05, 0.1) is 0 Å². The summed E-state index contributed by atoms with van der Waals surface area (Å²) in [7, 11) is 1.43. The van der Waals surface area contributed by atoms with Crippen molar-refractivity contribution in [1.29, 1.82) is 0 Å². The van der Waals surface area contributed by atoms with E-state index in [1.807, 2.05) is 0 Å². The number of unbranched alkanes of at least 4 members (excludes halogenated alkanes) is 1. The molecular formula is C21H36N2O6. The number of terminal acetylenes is 1. The van der Waals surface area contributed by atoms with Gasteiger partial charge in [-0.25, -0.2) is 9.59 Å². The summed E-state index contributed by atoms with van der Waals surface area (Å²) in [4.78, 5) is 36.4. The first-order valence-corrected chi connectivity index (χ1v) is 9.75. The van der Waals surface area contributed by atoms with Gasteiger partial charge >= 0.3 is 12.1 Å². The zero-order valence-corrected chi connectivity index (χ0v) is 18.7. The summed E-state index contributed by atoms with van der Waals surface area (Å²) in [5.74, 6) is 1.59. The van der Waals surface area contributed by atoms with E-state index in [0.717, 1.165) is 0 Å². The molecule has 0 aliphatic carbocycles. The number of rotatable bonds is 10. The highest BCUT2D eigenvalue weighted by Crippen LogP contribution is 2.13. The zero-order valence-electron chi connectivity index (χ0n) is 18.7. The van der Waals surface area contributed by atoms with E-state index in [-0.39, 0.29) is 12.3 Å². The van der Waals surface area contributed by atoms with Crippen LogP contribution in [-0.2, 0) is 23.8 Å². The Bertz CT molecular complexity index is 583. The first kappa shape index (κ1) is 26.7. The molecule has 8 heteroatoms. The predicted octanol–water partition coefficient (Wildman–Crippen LogP) is 2.55. The van der Waals surface area contributed by atoms with Gasteiger partial charge in [-0.2, -0.15) is 0 Å². The van der Waals surface area contributed by atoms with Crippen LogP contribution < -0.4 is 10.6 Å². The molecule has 166 valence electrons. The highest BCUT2D eigenvalue weighted by Gasteiger charge is 2.28. The molecule has 2 N–H and O–H groups in total. The van der Waals surface area contributed by atoms with E-state index in [2.05, 4.69) is 16.6 Å². The van der Waals surface area contributed by atoms with Gasteiger partial charge in [0, 0.05) is 20.1 Å². The van der Waals surface area contributed by atoms with E-state index in [1.54, 1.807) is 41.5 Å². The molecule has 0 unspecified atom stereocenters. The van der Waals surface area contributed by atoms with Gasteiger partial charge in [0.1, 0.15) is 23.3 Å². The Morgan fingerprint density at radius 1 is 1.00 bits per heavy atom. The fraction of sp³-hybridized carbons (Fsp3) is 0.762. The lowest BCUT2D eigenvalue weighted by Gasteiger charge is -2.26. The number of methoxy groups -OCH3 is 1. The largest absolute Gasteiger partial charge is 0.458 e. The number of ether oxygens (including phenoxy) is 3. The van der Waals surface area contributed by atoms with Crippen molar-refractivity contribution >= 4 is 18.0 Å². The van der Waals surface area contributed by atoms with Crippen LogP contribution in [0.4, 0.5) is 4.79 Å². The fourth-order valence-corrected chi connectivity index (χ4v) is 2.26. The maximum Gasteiger partial charge on any atom is 0.408 e. The molecule has 0 bridgehead atoms. The number of hydrogen-bond acceptors (Lipinski definition) is 6. The Hall–Kier alpha value is -2.27. The van der Waals surface area contributed by atoms with E-state index in [0.29, 0.717) is 25.8 Å². The van der Waals surface area contributed by atoms with Crippen molar-refractivity contribution < 1.29 is 28.6 Å². The summed E-state index contributed by atoms with van der Waals surface area (Å²) in [6.45, 7) is 10.9. The molecule has 0 radical (unpaired) electrons. The first-order valence-electron chi connectivity index (χ1n) is 9.75. The second-order valence-electron chi connectivity index (χ2n) is 8.65. The Morgan fingerprint density at radius 3 is 2.07 bits per heavy atom. The average Bonchev–Trinajstić information content (AvgIpc) is 2.54. The molecule has 0 aromatic carbocycles. The minimum absolute atomic E-state index is 0.197. The fourth-order valence-electron chi connectivity index (χ4n) is 2.26. The standard InChI is InChI=1S/C21H36N2O6/c1-9-12-16(27-8)17(24)22-14-11-10-13-15(18(25)28-20(2,3)4)23-19(26)29-21(5,6)7/h1,15-16H,10-14H2,2-8H3,(H,22,24)(H,23,26)/t15-,16+/m0/s1. The van der Waals surface area contributed by atoms with Crippen molar-refractivity contribution in [1.82, 2.24) is 10.6 Å². The van der Waals surface area contributed by atoms with Crippen LogP contribution in [0, 0.1) is 12.3 Å². The summed E-state index contributed by atoms with van der Waals surface area (Å²) < 4.78 is 15.6. The molecule has 0 aliphatic rings. The Balaban J connectivity index is 4.65. The number of nitrogens with one attached hydrogen (secondary N) is 2. The molecule has 2 atom stereocenters. The van der Waals surface area contributed by atoms with Crippen LogP contribution in [0.15, 0.2) is 0 Å². The molecule has 0 rings (SSSR count). The SMILES string of the molecule is C#CC[C@@H](OC)C(=O)NCCCC[C@H](NC(=O)OC(C)(C)C)C(=O)OC(C)(C)C. The lowest BCUT2D eigenvalue weighted by Crippen LogP contribution is -2.46. The molecule has 8 nitrogen and oxygen atoms in total. The van der Waals surface area contributed by atoms with Gasteiger partial charge in [-0.1, -0.05) is 0 Å². The van der Waals surface area contributed by atoms with Crippen molar-refractivity contribution in [3.8, 4) is 12.3 Å². The molecule has 0 fully saturated rings. The minimum Gasteiger partial charge on any atom is -0.458 e. The molecule has 29 heavy (non-hydrogen) atoms. The number of carbonyl (C=O) groups is 3. The van der Waals surface area contributed by atoms with Crippen LogP contribution in [-0.4, -0.2) is 55.0 Å². The van der Waals surface area contributed by atoms with Crippen LogP contribution in [0.1, 0.15) is 67.2 Å². The number of hydrogen-bond donors (Lipinski definition) is 2. The molecular weight excluding hydrogens is 376 g/mol. The quantitative estimate of drug-likeness (QED) is 0.325. The lowest BCUT2D eigenvalue weighted by molar-refractivity contribution is -0.157. The molecule has 0 aliphatic heterocycles. The molecule has 0 heterocycles. The zero-order chi connectivity index (χ0) is 22.7. The predicted molar refractivity (Wildman–Crippen MR) is 110 cm³/mol. The van der Waals surface area contributed by atoms with E-state index in [1.165, 1.54) is 7.11 Å². The summed E-state index contributed by atoms with van der Waals surface area (Å²) >= 11 is 0. The molecule has 0 aromatic heterocycles. The Kier molecular flexibility index (Phi) is 11.4. The third-order valence-corrected chi connectivity index (χ3v) is 3.48. The van der Waals surface area contributed by atoms with Crippen molar-refractivity contribution in [2.75, 3.05) is 13.7 Å². The summed E-state index contributed by atoms with van der Waals surface area (Å²) in [5, 5.41) is 5.32. The number of esters is 1. The third kappa shape index (κ3) is 13.5. The van der Waals surface area contributed by atoms with Gasteiger partial charge in [-0.15, -0.1) is 12.3 Å². The molecule has 0 saturated heterocycles. The summed E-state index contributed by atoms with van der Waals surface area (Å²) in [5.41, 5.74) is -1.35. The molecule has 2 amide bonds. The summed E-state index contributed by atoms with van der Waals surface area (Å²) in [6.07, 6.45) is 5.57. The van der Waals surface area contributed by atoms with Crippen LogP contribution >= 0.6 is 0 Å². The Morgan fingerprint density at radius 2 is 1.59 bits per heavy atom. The van der Waals surface area contributed by atoms with E-state index < -0.39 is 35.4 Å². The maximum atomic E-state index is 12.4. The van der Waals surface area contributed by atoms with Gasteiger partial charge in [0.15, 0.2) is 0 Å². The number of carbonyl (C=O) groups excluding carboxylic acids is 3. The average molecular weight is 413 g/mol. The van der Waals surface area contributed by atoms with E-state index in [4.69, 9.17) is 20.6 Å². The van der Waals surface area contributed by atoms with Crippen molar-refractivity contribution in [2.24, 2.45) is 0 Å². The number of alkyl carbamates (subject to hydrolysis) is 1. The van der Waals surface area contributed by atoms with Crippen LogP contribution in [0.3, 0.4) is 0 Å². The number of amides is 2. The van der Waals surface area contributed by atoms with Gasteiger partial charge < -0.3 is 24.8 Å². The smallest absolute Gasteiger partial charge is 0.408 e. The van der Waals surface area contributed by atoms with Gasteiger partial charge in [-0.05, 0) is 60.8 Å². The maximum absolute atomic E-state index is 12.4. The van der Waals surface area contributed by atoms with Crippen molar-refractivity contribution in [2.45, 2.75) is 90.6 Å². The van der Waals surface area contributed by atoms with Gasteiger partial charge in [0.25, 0.3) is 0 Å². The van der Waals surface area contributed by atoms with E-state index >= 15 is 0 Å². The van der Waals surface area contributed by atoms with Crippen molar-refractivity contribution in [3.63, 3.8) is 0 Å². The minimum atomic E-state index is -0.840.